The number of carbonyl (C=O) groups excluding carboxylic acids is 1. The van der Waals surface area contributed by atoms with Gasteiger partial charge >= 0.3 is 5.69 Å². The highest BCUT2D eigenvalue weighted by atomic mass is 32.1. The molecule has 35 heavy (non-hydrogen) atoms. The molecule has 0 aliphatic rings. The Hall–Kier alpha value is -4.32. The van der Waals surface area contributed by atoms with Gasteiger partial charge < -0.3 is 9.30 Å². The molecule has 5 rings (SSSR count). The maximum atomic E-state index is 13.7. The minimum absolute atomic E-state index is 0.169. The number of fused-ring (bicyclic) bond motifs is 2. The van der Waals surface area contributed by atoms with E-state index < -0.39 is 11.2 Å². The zero-order chi connectivity index (χ0) is 24.7. The van der Waals surface area contributed by atoms with Gasteiger partial charge in [0, 0.05) is 26.5 Å². The second-order valence-electron chi connectivity index (χ2n) is 7.90. The van der Waals surface area contributed by atoms with Crippen LogP contribution >= 0.6 is 11.3 Å². The normalized spacial score (nSPS) is 11.3. The Bertz CT molecular complexity index is 1680. The minimum Gasteiger partial charge on any atom is -0.494 e. The second-order valence-corrected chi connectivity index (χ2v) is 8.90. The molecule has 0 unspecified atom stereocenters. The third kappa shape index (κ3) is 3.87. The summed E-state index contributed by atoms with van der Waals surface area (Å²) in [7, 11) is 4.50. The maximum Gasteiger partial charge on any atom is 0.332 e. The van der Waals surface area contributed by atoms with E-state index >= 15 is 0 Å². The first-order valence-corrected chi connectivity index (χ1v) is 11.4. The van der Waals surface area contributed by atoms with Crippen molar-refractivity contribution in [3.63, 3.8) is 0 Å². The van der Waals surface area contributed by atoms with Crippen LogP contribution in [0.25, 0.3) is 21.4 Å². The SMILES string of the molecule is COc1cccc2sc(N(Cc3cccnc3)C(=O)Cn3cnc4c3c(=O)n(C)c(=O)n4C)nc12. The molecule has 0 fully saturated rings. The Morgan fingerprint density at radius 1 is 1.14 bits per heavy atom. The number of hydrogen-bond acceptors (Lipinski definition) is 8. The summed E-state index contributed by atoms with van der Waals surface area (Å²) in [6.45, 7) is 0.0647. The number of anilines is 1. The Morgan fingerprint density at radius 3 is 2.71 bits per heavy atom. The highest BCUT2D eigenvalue weighted by molar-refractivity contribution is 7.22. The van der Waals surface area contributed by atoms with Crippen LogP contribution in [0.4, 0.5) is 5.13 Å². The lowest BCUT2D eigenvalue weighted by Gasteiger charge is -2.20. The number of ether oxygens (including phenoxy) is 1. The van der Waals surface area contributed by atoms with Gasteiger partial charge in [0.1, 0.15) is 17.8 Å². The summed E-state index contributed by atoms with van der Waals surface area (Å²) in [5.74, 6) is 0.311. The minimum atomic E-state index is -0.517. The van der Waals surface area contributed by atoms with E-state index in [0.717, 1.165) is 14.8 Å². The van der Waals surface area contributed by atoms with Crippen molar-refractivity contribution in [2.75, 3.05) is 12.0 Å². The summed E-state index contributed by atoms with van der Waals surface area (Å²) in [5.41, 5.74) is 0.874. The fourth-order valence-electron chi connectivity index (χ4n) is 3.88. The van der Waals surface area contributed by atoms with E-state index in [9.17, 15) is 14.4 Å². The number of aromatic nitrogens is 6. The molecule has 0 bridgehead atoms. The fraction of sp³-hybridized carbons (Fsp3) is 0.217. The summed E-state index contributed by atoms with van der Waals surface area (Å²) in [6, 6.07) is 9.27. The predicted octanol–water partition coefficient (Wildman–Crippen LogP) is 1.68. The van der Waals surface area contributed by atoms with E-state index in [-0.39, 0.29) is 30.2 Å². The van der Waals surface area contributed by atoms with E-state index in [1.807, 2.05) is 24.3 Å². The number of imidazole rings is 1. The second kappa shape index (κ2) is 8.80. The summed E-state index contributed by atoms with van der Waals surface area (Å²) in [5, 5.41) is 0.489. The number of thiazole rings is 1. The first-order valence-electron chi connectivity index (χ1n) is 10.6. The zero-order valence-electron chi connectivity index (χ0n) is 19.2. The van der Waals surface area contributed by atoms with Gasteiger partial charge in [-0.2, -0.15) is 0 Å². The molecule has 178 valence electrons. The molecule has 4 aromatic heterocycles. The molecule has 0 N–H and O–H groups in total. The number of aryl methyl sites for hydroxylation is 1. The van der Waals surface area contributed by atoms with Crippen molar-refractivity contribution in [2.24, 2.45) is 14.1 Å². The molecule has 0 saturated heterocycles. The van der Waals surface area contributed by atoms with Gasteiger partial charge in [-0.05, 0) is 23.8 Å². The largest absolute Gasteiger partial charge is 0.494 e. The van der Waals surface area contributed by atoms with Crippen LogP contribution in [0, 0.1) is 0 Å². The van der Waals surface area contributed by atoms with Crippen molar-refractivity contribution in [1.29, 1.82) is 0 Å². The van der Waals surface area contributed by atoms with Crippen molar-refractivity contribution >= 4 is 43.8 Å². The maximum absolute atomic E-state index is 13.7. The van der Waals surface area contributed by atoms with Crippen molar-refractivity contribution in [3.05, 3.63) is 75.5 Å². The summed E-state index contributed by atoms with van der Waals surface area (Å²) in [4.78, 5) is 53.3. The Kier molecular flexibility index (Phi) is 5.65. The van der Waals surface area contributed by atoms with E-state index in [2.05, 4.69) is 9.97 Å². The smallest absolute Gasteiger partial charge is 0.332 e. The lowest BCUT2D eigenvalue weighted by atomic mass is 10.2. The number of hydrogen-bond donors (Lipinski definition) is 0. The van der Waals surface area contributed by atoms with Crippen molar-refractivity contribution in [1.82, 2.24) is 28.7 Å². The van der Waals surface area contributed by atoms with Crippen LogP contribution < -0.4 is 20.9 Å². The lowest BCUT2D eigenvalue weighted by Crippen LogP contribution is -2.38. The highest BCUT2D eigenvalue weighted by Crippen LogP contribution is 2.34. The van der Waals surface area contributed by atoms with E-state index in [1.165, 1.54) is 40.9 Å². The number of methoxy groups -OCH3 is 1. The third-order valence-corrected chi connectivity index (χ3v) is 6.75. The van der Waals surface area contributed by atoms with Crippen LogP contribution in [0.2, 0.25) is 0 Å². The molecular weight excluding hydrogens is 470 g/mol. The molecule has 1 aromatic carbocycles. The number of pyridine rings is 1. The quantitative estimate of drug-likeness (QED) is 0.355. The molecule has 11 nitrogen and oxygen atoms in total. The van der Waals surface area contributed by atoms with Crippen LogP contribution in [0.15, 0.2) is 58.6 Å². The first-order chi connectivity index (χ1) is 16.9. The standard InChI is InChI=1S/C23H21N7O4S/c1-27-20-19(21(32)28(2)23(27)33)29(13-25-20)12-17(31)30(11-14-6-5-9-24-10-14)22-26-18-15(34-3)7-4-8-16(18)35-22/h4-10,13H,11-12H2,1-3H3. The van der Waals surface area contributed by atoms with Crippen molar-refractivity contribution < 1.29 is 9.53 Å². The Morgan fingerprint density at radius 2 is 1.97 bits per heavy atom. The van der Waals surface area contributed by atoms with Crippen LogP contribution in [0.3, 0.4) is 0 Å². The van der Waals surface area contributed by atoms with Crippen LogP contribution in [0.5, 0.6) is 5.75 Å². The van der Waals surface area contributed by atoms with Gasteiger partial charge in [-0.15, -0.1) is 0 Å². The molecule has 0 aliphatic carbocycles. The first kappa shape index (κ1) is 22.5. The lowest BCUT2D eigenvalue weighted by molar-refractivity contribution is -0.119. The number of nitrogens with zero attached hydrogens (tertiary/aromatic N) is 7. The van der Waals surface area contributed by atoms with Crippen LogP contribution in [-0.2, 0) is 32.0 Å². The van der Waals surface area contributed by atoms with Gasteiger partial charge in [0.2, 0.25) is 5.91 Å². The molecule has 1 amide bonds. The van der Waals surface area contributed by atoms with Crippen LogP contribution in [-0.4, -0.2) is 41.7 Å². The highest BCUT2D eigenvalue weighted by Gasteiger charge is 2.24. The number of para-hydroxylation sites is 1. The molecule has 0 radical (unpaired) electrons. The summed E-state index contributed by atoms with van der Waals surface area (Å²) >= 11 is 1.37. The average molecular weight is 492 g/mol. The van der Waals surface area contributed by atoms with E-state index in [4.69, 9.17) is 9.72 Å². The average Bonchev–Trinajstić information content (AvgIpc) is 3.49. The molecule has 0 saturated carbocycles. The van der Waals surface area contributed by atoms with Gasteiger partial charge in [-0.3, -0.25) is 28.6 Å². The summed E-state index contributed by atoms with van der Waals surface area (Å²) in [6.07, 6.45) is 4.75. The number of rotatable bonds is 6. The molecule has 0 spiro atoms. The topological polar surface area (TPSA) is 117 Å². The number of carbonyl (C=O) groups is 1. The third-order valence-electron chi connectivity index (χ3n) is 5.71. The summed E-state index contributed by atoms with van der Waals surface area (Å²) < 4.78 is 10.0. The van der Waals surface area contributed by atoms with Gasteiger partial charge in [-0.1, -0.05) is 23.5 Å². The number of benzene rings is 1. The number of amides is 1. The van der Waals surface area contributed by atoms with Gasteiger partial charge in [-0.25, -0.2) is 14.8 Å². The van der Waals surface area contributed by atoms with Gasteiger partial charge in [0.25, 0.3) is 5.56 Å². The van der Waals surface area contributed by atoms with E-state index in [0.29, 0.717) is 16.4 Å². The van der Waals surface area contributed by atoms with Gasteiger partial charge in [0.05, 0.1) is 24.7 Å². The van der Waals surface area contributed by atoms with Crippen molar-refractivity contribution in [2.45, 2.75) is 13.1 Å². The fourth-order valence-corrected chi connectivity index (χ4v) is 4.88. The molecule has 5 aromatic rings. The van der Waals surface area contributed by atoms with Crippen molar-refractivity contribution in [3.8, 4) is 5.75 Å². The molecule has 4 heterocycles. The monoisotopic (exact) mass is 491 g/mol. The molecule has 0 aliphatic heterocycles. The Labute approximate surface area is 202 Å². The predicted molar refractivity (Wildman–Crippen MR) is 132 cm³/mol. The van der Waals surface area contributed by atoms with Crippen LogP contribution in [0.1, 0.15) is 5.56 Å². The zero-order valence-corrected chi connectivity index (χ0v) is 20.0. The molecule has 0 atom stereocenters. The van der Waals surface area contributed by atoms with Gasteiger partial charge in [0.15, 0.2) is 16.3 Å². The molecule has 12 heteroatoms. The Balaban J connectivity index is 1.58. The molecular formula is C23H21N7O4S. The van der Waals surface area contributed by atoms with E-state index in [1.54, 1.807) is 30.5 Å².